The molecule has 0 heterocycles. The number of aliphatic hydroxyl groups is 1. The summed E-state index contributed by atoms with van der Waals surface area (Å²) in [4.78, 5) is 0. The number of nitrogens with two attached hydrogens (primary N) is 1. The van der Waals surface area contributed by atoms with E-state index in [0.29, 0.717) is 12.0 Å². The van der Waals surface area contributed by atoms with Gasteiger partial charge in [-0.1, -0.05) is 39.0 Å². The van der Waals surface area contributed by atoms with Crippen LogP contribution in [0.5, 0.6) is 0 Å². The predicted molar refractivity (Wildman–Crippen MR) is 63.4 cm³/mol. The first-order valence-electron chi connectivity index (χ1n) is 5.50. The van der Waals surface area contributed by atoms with E-state index in [1.165, 1.54) is 6.07 Å². The molecule has 2 atom stereocenters. The van der Waals surface area contributed by atoms with Crippen LogP contribution in [0, 0.1) is 11.2 Å². The Bertz CT molecular complexity index is 346. The van der Waals surface area contributed by atoms with E-state index in [1.54, 1.807) is 18.2 Å². The lowest BCUT2D eigenvalue weighted by atomic mass is 9.83. The van der Waals surface area contributed by atoms with Crippen molar-refractivity contribution in [2.45, 2.75) is 39.3 Å². The topological polar surface area (TPSA) is 46.2 Å². The average Bonchev–Trinajstić information content (AvgIpc) is 2.16. The third-order valence-electron chi connectivity index (χ3n) is 2.85. The van der Waals surface area contributed by atoms with Crippen LogP contribution < -0.4 is 5.73 Å². The number of aliphatic hydroxyl groups excluding tert-OH is 1. The predicted octanol–water partition coefficient (Wildman–Crippen LogP) is 2.62. The van der Waals surface area contributed by atoms with Crippen molar-refractivity contribution in [1.29, 1.82) is 0 Å². The minimum atomic E-state index is -0.838. The molecule has 16 heavy (non-hydrogen) atoms. The molecule has 3 N–H and O–H groups in total. The standard InChI is InChI=1S/C13H20FNO/c1-13(2,3)12(15)8-11(16)9-6-4-5-7-10(9)14/h4-7,11-12,16H,8,15H2,1-3H3/t11-,12-/m0/s1. The Morgan fingerprint density at radius 1 is 1.31 bits per heavy atom. The van der Waals surface area contributed by atoms with Crippen LogP contribution in [0.25, 0.3) is 0 Å². The Labute approximate surface area is 96.3 Å². The fourth-order valence-electron chi connectivity index (χ4n) is 1.47. The van der Waals surface area contributed by atoms with Crippen LogP contribution in [0.3, 0.4) is 0 Å². The molecular formula is C13H20FNO. The van der Waals surface area contributed by atoms with E-state index < -0.39 is 6.10 Å². The first-order chi connectivity index (χ1) is 7.32. The molecule has 0 unspecified atom stereocenters. The SMILES string of the molecule is CC(C)(C)[C@@H](N)C[C@H](O)c1ccccc1F. The molecule has 0 amide bonds. The lowest BCUT2D eigenvalue weighted by Gasteiger charge is -2.29. The first-order valence-corrected chi connectivity index (χ1v) is 5.50. The molecule has 0 saturated heterocycles. The maximum Gasteiger partial charge on any atom is 0.128 e. The van der Waals surface area contributed by atoms with Gasteiger partial charge < -0.3 is 10.8 Å². The number of hydrogen-bond donors (Lipinski definition) is 2. The van der Waals surface area contributed by atoms with E-state index in [9.17, 15) is 9.50 Å². The lowest BCUT2D eigenvalue weighted by molar-refractivity contribution is 0.130. The average molecular weight is 225 g/mol. The van der Waals surface area contributed by atoms with Crippen molar-refractivity contribution in [3.05, 3.63) is 35.6 Å². The van der Waals surface area contributed by atoms with Crippen molar-refractivity contribution in [1.82, 2.24) is 0 Å². The van der Waals surface area contributed by atoms with E-state index in [4.69, 9.17) is 5.73 Å². The Kier molecular flexibility index (Phi) is 4.05. The van der Waals surface area contributed by atoms with Gasteiger partial charge in [0.1, 0.15) is 5.82 Å². The molecule has 0 radical (unpaired) electrons. The van der Waals surface area contributed by atoms with Gasteiger partial charge >= 0.3 is 0 Å². The van der Waals surface area contributed by atoms with Gasteiger partial charge in [-0.15, -0.1) is 0 Å². The van der Waals surface area contributed by atoms with Crippen molar-refractivity contribution < 1.29 is 9.50 Å². The molecule has 3 heteroatoms. The van der Waals surface area contributed by atoms with Gasteiger partial charge in [0.2, 0.25) is 0 Å². The Hall–Kier alpha value is -0.930. The van der Waals surface area contributed by atoms with Crippen molar-refractivity contribution >= 4 is 0 Å². The lowest BCUT2D eigenvalue weighted by Crippen LogP contribution is -2.36. The molecule has 0 aromatic heterocycles. The van der Waals surface area contributed by atoms with Crippen molar-refractivity contribution in [3.8, 4) is 0 Å². The van der Waals surface area contributed by atoms with Gasteiger partial charge in [0, 0.05) is 11.6 Å². The highest BCUT2D eigenvalue weighted by molar-refractivity contribution is 5.20. The fraction of sp³-hybridized carbons (Fsp3) is 0.538. The van der Waals surface area contributed by atoms with Gasteiger partial charge in [0.05, 0.1) is 6.10 Å². The monoisotopic (exact) mass is 225 g/mol. The third-order valence-corrected chi connectivity index (χ3v) is 2.85. The second kappa shape index (κ2) is 4.93. The summed E-state index contributed by atoms with van der Waals surface area (Å²) in [5, 5.41) is 9.92. The van der Waals surface area contributed by atoms with Crippen LogP contribution in [0.4, 0.5) is 4.39 Å². The second-order valence-corrected chi connectivity index (χ2v) is 5.25. The molecule has 2 nitrogen and oxygen atoms in total. The highest BCUT2D eigenvalue weighted by Crippen LogP contribution is 2.27. The molecular weight excluding hydrogens is 205 g/mol. The minimum Gasteiger partial charge on any atom is -0.388 e. The Balaban J connectivity index is 2.73. The summed E-state index contributed by atoms with van der Waals surface area (Å²) >= 11 is 0. The summed E-state index contributed by atoms with van der Waals surface area (Å²) in [5.74, 6) is -0.379. The van der Waals surface area contributed by atoms with Crippen LogP contribution in [0.1, 0.15) is 38.9 Å². The Morgan fingerprint density at radius 3 is 2.38 bits per heavy atom. The summed E-state index contributed by atoms with van der Waals surface area (Å²) in [6, 6.07) is 6.10. The molecule has 1 aromatic rings. The molecule has 0 fully saturated rings. The number of benzene rings is 1. The molecule has 1 aromatic carbocycles. The maximum atomic E-state index is 13.4. The maximum absolute atomic E-state index is 13.4. The van der Waals surface area contributed by atoms with Crippen LogP contribution in [-0.2, 0) is 0 Å². The van der Waals surface area contributed by atoms with Crippen LogP contribution in [-0.4, -0.2) is 11.1 Å². The molecule has 0 saturated carbocycles. The minimum absolute atomic E-state index is 0.0910. The second-order valence-electron chi connectivity index (χ2n) is 5.25. The molecule has 0 aliphatic rings. The molecule has 0 aliphatic carbocycles. The number of rotatable bonds is 3. The first kappa shape index (κ1) is 13.1. The zero-order valence-corrected chi connectivity index (χ0v) is 10.1. The van der Waals surface area contributed by atoms with E-state index in [-0.39, 0.29) is 17.3 Å². The highest BCUT2D eigenvalue weighted by Gasteiger charge is 2.24. The van der Waals surface area contributed by atoms with E-state index in [0.717, 1.165) is 0 Å². The quantitative estimate of drug-likeness (QED) is 0.830. The zero-order valence-electron chi connectivity index (χ0n) is 10.1. The molecule has 0 spiro atoms. The largest absolute Gasteiger partial charge is 0.388 e. The molecule has 0 bridgehead atoms. The summed E-state index contributed by atoms with van der Waals surface area (Å²) in [5.41, 5.74) is 6.19. The van der Waals surface area contributed by atoms with Crippen LogP contribution in [0.15, 0.2) is 24.3 Å². The van der Waals surface area contributed by atoms with E-state index in [2.05, 4.69) is 0 Å². The fourth-order valence-corrected chi connectivity index (χ4v) is 1.47. The third kappa shape index (κ3) is 3.29. The van der Waals surface area contributed by atoms with Gasteiger partial charge in [-0.3, -0.25) is 0 Å². The summed E-state index contributed by atoms with van der Waals surface area (Å²) < 4.78 is 13.4. The number of halogens is 1. The molecule has 0 aliphatic heterocycles. The summed E-state index contributed by atoms with van der Waals surface area (Å²) in [6.45, 7) is 6.02. The summed E-state index contributed by atoms with van der Waals surface area (Å²) in [7, 11) is 0. The number of hydrogen-bond acceptors (Lipinski definition) is 2. The van der Waals surface area contributed by atoms with Crippen LogP contribution in [0.2, 0.25) is 0 Å². The van der Waals surface area contributed by atoms with Crippen molar-refractivity contribution in [3.63, 3.8) is 0 Å². The van der Waals surface area contributed by atoms with Crippen molar-refractivity contribution in [2.75, 3.05) is 0 Å². The van der Waals surface area contributed by atoms with Gasteiger partial charge in [0.15, 0.2) is 0 Å². The molecule has 90 valence electrons. The Morgan fingerprint density at radius 2 is 1.88 bits per heavy atom. The molecule has 1 rings (SSSR count). The van der Waals surface area contributed by atoms with Gasteiger partial charge in [-0.25, -0.2) is 4.39 Å². The van der Waals surface area contributed by atoms with Gasteiger partial charge in [-0.05, 0) is 17.9 Å². The zero-order chi connectivity index (χ0) is 12.3. The van der Waals surface area contributed by atoms with Crippen molar-refractivity contribution in [2.24, 2.45) is 11.1 Å². The van der Waals surface area contributed by atoms with E-state index >= 15 is 0 Å². The van der Waals surface area contributed by atoms with Crippen LogP contribution >= 0.6 is 0 Å². The van der Waals surface area contributed by atoms with Gasteiger partial charge in [-0.2, -0.15) is 0 Å². The normalized spacial score (nSPS) is 15.9. The van der Waals surface area contributed by atoms with E-state index in [1.807, 2.05) is 20.8 Å². The van der Waals surface area contributed by atoms with Gasteiger partial charge in [0.25, 0.3) is 0 Å². The smallest absolute Gasteiger partial charge is 0.128 e. The summed E-state index contributed by atoms with van der Waals surface area (Å²) in [6.07, 6.45) is -0.472. The highest BCUT2D eigenvalue weighted by atomic mass is 19.1.